The van der Waals surface area contributed by atoms with Crippen molar-refractivity contribution in [3.05, 3.63) is 59.2 Å². The molecule has 0 bridgehead atoms. The molecule has 1 fully saturated rings. The highest BCUT2D eigenvalue weighted by Gasteiger charge is 2.35. The normalized spacial score (nSPS) is 16.7. The topological polar surface area (TPSA) is 56.5 Å². The average Bonchev–Trinajstić information content (AvgIpc) is 3.21. The molecule has 4 nitrogen and oxygen atoms in total. The third-order valence-corrected chi connectivity index (χ3v) is 5.16. The van der Waals surface area contributed by atoms with Gasteiger partial charge in [-0.05, 0) is 55.2 Å². The second-order valence-corrected chi connectivity index (χ2v) is 7.12. The van der Waals surface area contributed by atoms with Crippen molar-refractivity contribution in [2.24, 2.45) is 0 Å². The first-order valence-electron chi connectivity index (χ1n) is 9.62. The first kappa shape index (κ1) is 21.0. The Labute approximate surface area is 168 Å². The highest BCUT2D eigenvalue weighted by atomic mass is 19.4. The van der Waals surface area contributed by atoms with E-state index in [0.717, 1.165) is 30.2 Å². The zero-order valence-corrected chi connectivity index (χ0v) is 16.0. The van der Waals surface area contributed by atoms with E-state index < -0.39 is 11.7 Å². The number of aliphatic hydroxyl groups is 1. The van der Waals surface area contributed by atoms with Crippen molar-refractivity contribution in [3.8, 4) is 11.8 Å². The quantitative estimate of drug-likeness (QED) is 0.679. The molecule has 1 saturated heterocycles. The number of hydrogen-bond donors (Lipinski definition) is 1. The molecular formula is C22H23F3N2O2. The number of alkyl halides is 3. The molecule has 1 aliphatic rings. The van der Waals surface area contributed by atoms with E-state index in [1.54, 1.807) is 12.1 Å². The number of hydrogen-bond acceptors (Lipinski definition) is 4. The number of anilines is 1. The Morgan fingerprint density at radius 3 is 2.55 bits per heavy atom. The lowest BCUT2D eigenvalue weighted by Gasteiger charge is -2.21. The molecule has 1 atom stereocenters. The van der Waals surface area contributed by atoms with E-state index in [4.69, 9.17) is 15.1 Å². The van der Waals surface area contributed by atoms with Gasteiger partial charge in [0.05, 0.1) is 23.8 Å². The van der Waals surface area contributed by atoms with Crippen molar-refractivity contribution in [1.29, 1.82) is 5.26 Å². The fraction of sp³-hybridized carbons (Fsp3) is 0.409. The minimum Gasteiger partial charge on any atom is -0.494 e. The van der Waals surface area contributed by atoms with Gasteiger partial charge in [-0.25, -0.2) is 0 Å². The molecule has 1 N–H and O–H groups in total. The molecule has 29 heavy (non-hydrogen) atoms. The number of aliphatic hydroxyl groups excluding tert-OH is 1. The third kappa shape index (κ3) is 5.21. The highest BCUT2D eigenvalue weighted by Crippen LogP contribution is 2.37. The Hall–Kier alpha value is -2.72. The zero-order valence-electron chi connectivity index (χ0n) is 16.0. The van der Waals surface area contributed by atoms with Crippen LogP contribution in [0.5, 0.6) is 5.75 Å². The van der Waals surface area contributed by atoms with Crippen LogP contribution in [0.1, 0.15) is 41.9 Å². The Morgan fingerprint density at radius 2 is 1.90 bits per heavy atom. The second kappa shape index (κ2) is 9.19. The van der Waals surface area contributed by atoms with Gasteiger partial charge in [-0.15, -0.1) is 0 Å². The van der Waals surface area contributed by atoms with Gasteiger partial charge in [-0.3, -0.25) is 0 Å². The van der Waals surface area contributed by atoms with Gasteiger partial charge in [-0.1, -0.05) is 12.1 Å². The summed E-state index contributed by atoms with van der Waals surface area (Å²) in [6, 6.07) is 13.3. The fourth-order valence-corrected chi connectivity index (χ4v) is 3.57. The van der Waals surface area contributed by atoms with Crippen LogP contribution < -0.4 is 9.64 Å². The van der Waals surface area contributed by atoms with Crippen LogP contribution in [-0.4, -0.2) is 31.4 Å². The largest absolute Gasteiger partial charge is 0.494 e. The lowest BCUT2D eigenvalue weighted by Crippen LogP contribution is -2.20. The van der Waals surface area contributed by atoms with Gasteiger partial charge in [-0.2, -0.15) is 18.4 Å². The highest BCUT2D eigenvalue weighted by molar-refractivity contribution is 5.56. The van der Waals surface area contributed by atoms with E-state index in [-0.39, 0.29) is 18.1 Å². The molecule has 2 aromatic rings. The first-order valence-corrected chi connectivity index (χ1v) is 9.62. The molecule has 0 radical (unpaired) electrons. The lowest BCUT2D eigenvalue weighted by molar-refractivity contribution is -0.137. The zero-order chi connectivity index (χ0) is 20.9. The van der Waals surface area contributed by atoms with Crippen LogP contribution in [0.3, 0.4) is 0 Å². The maximum absolute atomic E-state index is 13.2. The van der Waals surface area contributed by atoms with Crippen molar-refractivity contribution in [2.75, 3.05) is 31.2 Å². The number of halogens is 3. The molecule has 0 spiro atoms. The van der Waals surface area contributed by atoms with Gasteiger partial charge >= 0.3 is 6.18 Å². The summed E-state index contributed by atoms with van der Waals surface area (Å²) in [6.07, 6.45) is -2.20. The van der Waals surface area contributed by atoms with Gasteiger partial charge in [0.25, 0.3) is 0 Å². The summed E-state index contributed by atoms with van der Waals surface area (Å²) in [4.78, 5) is 1.93. The van der Waals surface area contributed by atoms with Crippen LogP contribution in [0.15, 0.2) is 42.5 Å². The van der Waals surface area contributed by atoms with E-state index in [1.807, 2.05) is 29.2 Å². The maximum atomic E-state index is 13.2. The van der Waals surface area contributed by atoms with Gasteiger partial charge < -0.3 is 14.7 Å². The van der Waals surface area contributed by atoms with Crippen molar-refractivity contribution >= 4 is 5.69 Å². The molecule has 7 heteroatoms. The predicted octanol–water partition coefficient (Wildman–Crippen LogP) is 4.72. The molecule has 0 aromatic heterocycles. The van der Waals surface area contributed by atoms with Gasteiger partial charge in [0.15, 0.2) is 0 Å². The molecular weight excluding hydrogens is 381 g/mol. The summed E-state index contributed by atoms with van der Waals surface area (Å²) in [5.41, 5.74) is 0.373. The smallest absolute Gasteiger partial charge is 0.417 e. The van der Waals surface area contributed by atoms with Crippen molar-refractivity contribution < 1.29 is 23.0 Å². The molecule has 0 unspecified atom stereocenters. The number of ether oxygens (including phenoxy) is 1. The number of nitriles is 1. The minimum absolute atomic E-state index is 0.157. The molecule has 154 valence electrons. The predicted molar refractivity (Wildman–Crippen MR) is 104 cm³/mol. The van der Waals surface area contributed by atoms with Crippen LogP contribution in [0.2, 0.25) is 0 Å². The van der Waals surface area contributed by atoms with Crippen molar-refractivity contribution in [3.63, 3.8) is 0 Å². The molecule has 0 aliphatic carbocycles. The number of benzene rings is 2. The van der Waals surface area contributed by atoms with Crippen LogP contribution in [-0.2, 0) is 6.18 Å². The van der Waals surface area contributed by atoms with Crippen LogP contribution in [0.4, 0.5) is 18.9 Å². The number of rotatable bonds is 7. The fourth-order valence-electron chi connectivity index (χ4n) is 3.57. The average molecular weight is 404 g/mol. The van der Waals surface area contributed by atoms with Crippen LogP contribution in [0.25, 0.3) is 0 Å². The Bertz CT molecular complexity index is 860. The van der Waals surface area contributed by atoms with Crippen molar-refractivity contribution in [2.45, 2.75) is 31.4 Å². The molecule has 3 rings (SSSR count). The SMILES string of the molecule is N#Cc1ccc(N2CC[C@@H](c3ccc(OCCCCO)cc3)C2)cc1C(F)(F)F. The van der Waals surface area contributed by atoms with E-state index in [2.05, 4.69) is 0 Å². The van der Waals surface area contributed by atoms with E-state index >= 15 is 0 Å². The van der Waals surface area contributed by atoms with E-state index in [9.17, 15) is 13.2 Å². The van der Waals surface area contributed by atoms with Crippen molar-refractivity contribution in [1.82, 2.24) is 0 Å². The number of nitrogens with zero attached hydrogens (tertiary/aromatic N) is 2. The first-order chi connectivity index (χ1) is 13.9. The van der Waals surface area contributed by atoms with Gasteiger partial charge in [0.2, 0.25) is 0 Å². The number of unbranched alkanes of at least 4 members (excludes halogenated alkanes) is 1. The Kier molecular flexibility index (Phi) is 6.65. The standard InChI is InChI=1S/C22H23F3N2O2/c23-22(24,25)21-13-19(6-3-17(21)14-26)27-10-9-18(15-27)16-4-7-20(8-5-16)29-12-2-1-11-28/h3-8,13,18,28H,1-2,9-12,15H2/t18-/m1/s1. The van der Waals surface area contributed by atoms with Crippen LogP contribution in [0, 0.1) is 11.3 Å². The summed E-state index contributed by atoms with van der Waals surface area (Å²) in [5.74, 6) is 0.992. The monoisotopic (exact) mass is 404 g/mol. The van der Waals surface area contributed by atoms with Gasteiger partial charge in [0.1, 0.15) is 5.75 Å². The molecule has 0 amide bonds. The maximum Gasteiger partial charge on any atom is 0.417 e. The summed E-state index contributed by atoms with van der Waals surface area (Å²) in [7, 11) is 0. The minimum atomic E-state index is -4.55. The second-order valence-electron chi connectivity index (χ2n) is 7.12. The molecule has 1 aliphatic heterocycles. The third-order valence-electron chi connectivity index (χ3n) is 5.16. The Morgan fingerprint density at radius 1 is 1.14 bits per heavy atom. The summed E-state index contributed by atoms with van der Waals surface area (Å²) >= 11 is 0. The van der Waals surface area contributed by atoms with E-state index in [1.165, 1.54) is 6.07 Å². The summed E-state index contributed by atoms with van der Waals surface area (Å²) < 4.78 is 45.3. The Balaban J connectivity index is 1.65. The summed E-state index contributed by atoms with van der Waals surface area (Å²) in [5, 5.41) is 17.7. The molecule has 1 heterocycles. The molecule has 0 saturated carbocycles. The van der Waals surface area contributed by atoms with Crippen LogP contribution >= 0.6 is 0 Å². The van der Waals surface area contributed by atoms with Gasteiger partial charge in [0, 0.05) is 31.3 Å². The molecule has 2 aromatic carbocycles. The lowest BCUT2D eigenvalue weighted by atomic mass is 9.98. The van der Waals surface area contributed by atoms with E-state index in [0.29, 0.717) is 31.8 Å². The summed E-state index contributed by atoms with van der Waals surface area (Å²) in [6.45, 7) is 1.99.